The third-order valence-electron chi connectivity index (χ3n) is 6.56. The molecule has 25 heavy (non-hydrogen) atoms. The second-order valence-electron chi connectivity index (χ2n) is 7.72. The van der Waals surface area contributed by atoms with Crippen molar-refractivity contribution in [3.05, 3.63) is 64.2 Å². The van der Waals surface area contributed by atoms with Gasteiger partial charge in [0.15, 0.2) is 0 Å². The number of hydrogen-bond acceptors (Lipinski definition) is 2. The molecular formula is C21H20ClNO2. The Hall–Kier alpha value is -2.00. The standard InChI is InChI=1S/C21H20ClNO2/c22-15-6-3-11(4-7-15)20-19-13-2-1-12(9-13)18(19)16-10-14(21(24)25)5-8-17(16)23-20/h3-8,10,12-13,18-20,23H,1-2,9H2,(H,24,25)/t12-,13-,18-,19-,20-/m0/s1. The molecule has 2 aromatic carbocycles. The van der Waals surface area contributed by atoms with E-state index in [4.69, 9.17) is 11.6 Å². The van der Waals surface area contributed by atoms with E-state index in [0.717, 1.165) is 16.6 Å². The fraction of sp³-hybridized carbons (Fsp3) is 0.381. The molecule has 2 aliphatic carbocycles. The van der Waals surface area contributed by atoms with Gasteiger partial charge in [0.25, 0.3) is 0 Å². The van der Waals surface area contributed by atoms with Gasteiger partial charge in [-0.15, -0.1) is 0 Å². The van der Waals surface area contributed by atoms with Crippen LogP contribution in [0.2, 0.25) is 5.02 Å². The zero-order chi connectivity index (χ0) is 17.1. The van der Waals surface area contributed by atoms with Crippen LogP contribution in [0.1, 0.15) is 52.7 Å². The number of carboxylic acid groups (broad SMARTS) is 1. The highest BCUT2D eigenvalue weighted by Crippen LogP contribution is 2.63. The molecule has 2 saturated carbocycles. The van der Waals surface area contributed by atoms with Gasteiger partial charge >= 0.3 is 5.97 Å². The second kappa shape index (κ2) is 5.50. The topological polar surface area (TPSA) is 49.3 Å². The number of carbonyl (C=O) groups is 1. The van der Waals surface area contributed by atoms with Gasteiger partial charge in [-0.05, 0) is 84.4 Å². The van der Waals surface area contributed by atoms with Crippen molar-refractivity contribution >= 4 is 23.3 Å². The molecule has 2 aromatic rings. The molecule has 0 saturated heterocycles. The van der Waals surface area contributed by atoms with Gasteiger partial charge in [0.1, 0.15) is 0 Å². The maximum Gasteiger partial charge on any atom is 0.335 e. The number of nitrogens with one attached hydrogen (secondary N) is 1. The van der Waals surface area contributed by atoms with E-state index in [9.17, 15) is 9.90 Å². The van der Waals surface area contributed by atoms with Crippen molar-refractivity contribution in [2.45, 2.75) is 31.2 Å². The maximum atomic E-state index is 11.4. The van der Waals surface area contributed by atoms with E-state index in [1.807, 2.05) is 24.3 Å². The molecule has 0 aromatic heterocycles. The quantitative estimate of drug-likeness (QED) is 0.766. The van der Waals surface area contributed by atoms with Crippen LogP contribution in [0.5, 0.6) is 0 Å². The minimum absolute atomic E-state index is 0.278. The summed E-state index contributed by atoms with van der Waals surface area (Å²) in [4.78, 5) is 11.4. The number of rotatable bonds is 2. The van der Waals surface area contributed by atoms with Gasteiger partial charge in [0.05, 0.1) is 11.6 Å². The van der Waals surface area contributed by atoms with Crippen LogP contribution in [0.25, 0.3) is 0 Å². The Morgan fingerprint density at radius 2 is 1.84 bits per heavy atom. The monoisotopic (exact) mass is 353 g/mol. The molecule has 2 fully saturated rings. The van der Waals surface area contributed by atoms with E-state index >= 15 is 0 Å². The van der Waals surface area contributed by atoms with Crippen LogP contribution < -0.4 is 5.32 Å². The van der Waals surface area contributed by atoms with E-state index in [2.05, 4.69) is 17.4 Å². The van der Waals surface area contributed by atoms with E-state index in [1.54, 1.807) is 6.07 Å². The van der Waals surface area contributed by atoms with Crippen LogP contribution >= 0.6 is 11.6 Å². The third kappa shape index (κ3) is 2.29. The van der Waals surface area contributed by atoms with Crippen LogP contribution in [0.4, 0.5) is 5.69 Å². The summed E-state index contributed by atoms with van der Waals surface area (Å²) in [7, 11) is 0. The van der Waals surface area contributed by atoms with Crippen LogP contribution in [-0.2, 0) is 0 Å². The maximum absolute atomic E-state index is 11.4. The molecule has 1 aliphatic heterocycles. The Bertz CT molecular complexity index is 847. The van der Waals surface area contributed by atoms with Crippen LogP contribution in [-0.4, -0.2) is 11.1 Å². The SMILES string of the molecule is O=C(O)c1ccc2c(c1)[C@@H]1[C@H]3CC[C@@H](C3)[C@@H]1[C@H](c1ccc(Cl)cc1)N2. The largest absolute Gasteiger partial charge is 0.478 e. The molecule has 2 bridgehead atoms. The lowest BCUT2D eigenvalue weighted by molar-refractivity contribution is 0.0696. The molecule has 3 aliphatic rings. The highest BCUT2D eigenvalue weighted by Gasteiger charge is 2.53. The van der Waals surface area contributed by atoms with E-state index in [-0.39, 0.29) is 6.04 Å². The summed E-state index contributed by atoms with van der Waals surface area (Å²) in [6.45, 7) is 0. The average Bonchev–Trinajstić information content (AvgIpc) is 3.23. The van der Waals surface area contributed by atoms with Gasteiger partial charge in [-0.1, -0.05) is 23.7 Å². The number of fused-ring (bicyclic) bond motifs is 7. The zero-order valence-electron chi connectivity index (χ0n) is 13.8. The Balaban J connectivity index is 1.62. The summed E-state index contributed by atoms with van der Waals surface area (Å²) in [6, 6.07) is 14.0. The first kappa shape index (κ1) is 15.3. The molecule has 4 heteroatoms. The molecule has 5 atom stereocenters. The summed E-state index contributed by atoms with van der Waals surface area (Å²) in [5.41, 5.74) is 3.98. The Morgan fingerprint density at radius 3 is 2.60 bits per heavy atom. The second-order valence-corrected chi connectivity index (χ2v) is 8.15. The van der Waals surface area contributed by atoms with Gasteiger partial charge in [0.2, 0.25) is 0 Å². The summed E-state index contributed by atoms with van der Waals surface area (Å²) in [6.07, 6.45) is 3.85. The van der Waals surface area contributed by atoms with E-state index < -0.39 is 5.97 Å². The Morgan fingerprint density at radius 1 is 1.08 bits per heavy atom. The Kier molecular flexibility index (Phi) is 3.36. The summed E-state index contributed by atoms with van der Waals surface area (Å²) in [5.74, 6) is 1.58. The van der Waals surface area contributed by atoms with Crippen LogP contribution in [0.3, 0.4) is 0 Å². The van der Waals surface area contributed by atoms with Gasteiger partial charge in [-0.2, -0.15) is 0 Å². The smallest absolute Gasteiger partial charge is 0.335 e. The molecule has 3 nitrogen and oxygen atoms in total. The predicted molar refractivity (Wildman–Crippen MR) is 98.3 cm³/mol. The molecule has 0 amide bonds. The minimum atomic E-state index is -0.845. The number of carboxylic acids is 1. The van der Waals surface area contributed by atoms with Crippen molar-refractivity contribution in [2.24, 2.45) is 17.8 Å². The zero-order valence-corrected chi connectivity index (χ0v) is 14.5. The van der Waals surface area contributed by atoms with Crippen molar-refractivity contribution in [1.29, 1.82) is 0 Å². The first-order valence-corrected chi connectivity index (χ1v) is 9.39. The number of benzene rings is 2. The van der Waals surface area contributed by atoms with Crippen LogP contribution in [0.15, 0.2) is 42.5 Å². The molecule has 1 heterocycles. The number of hydrogen-bond donors (Lipinski definition) is 2. The molecule has 0 spiro atoms. The normalized spacial score (nSPS) is 32.0. The molecular weight excluding hydrogens is 334 g/mol. The average molecular weight is 354 g/mol. The van der Waals surface area contributed by atoms with Crippen molar-refractivity contribution < 1.29 is 9.90 Å². The van der Waals surface area contributed by atoms with Crippen molar-refractivity contribution in [3.8, 4) is 0 Å². The molecule has 0 radical (unpaired) electrons. The molecule has 128 valence electrons. The van der Waals surface area contributed by atoms with E-state index in [0.29, 0.717) is 23.3 Å². The van der Waals surface area contributed by atoms with Crippen molar-refractivity contribution in [3.63, 3.8) is 0 Å². The summed E-state index contributed by atoms with van der Waals surface area (Å²) >= 11 is 6.08. The van der Waals surface area contributed by atoms with Gasteiger partial charge < -0.3 is 10.4 Å². The lowest BCUT2D eigenvalue weighted by Gasteiger charge is -2.43. The highest BCUT2D eigenvalue weighted by molar-refractivity contribution is 6.30. The predicted octanol–water partition coefficient (Wildman–Crippen LogP) is 5.33. The number of aromatic carboxylic acids is 1. The van der Waals surface area contributed by atoms with Crippen LogP contribution in [0, 0.1) is 17.8 Å². The Labute approximate surface area is 152 Å². The molecule has 2 N–H and O–H groups in total. The minimum Gasteiger partial charge on any atom is -0.478 e. The first-order chi connectivity index (χ1) is 12.1. The van der Waals surface area contributed by atoms with Gasteiger partial charge in [0, 0.05) is 10.7 Å². The third-order valence-corrected chi connectivity index (χ3v) is 6.82. The highest BCUT2D eigenvalue weighted by atomic mass is 35.5. The lowest BCUT2D eigenvalue weighted by Crippen LogP contribution is -2.35. The lowest BCUT2D eigenvalue weighted by atomic mass is 9.68. The van der Waals surface area contributed by atoms with Crippen molar-refractivity contribution in [1.82, 2.24) is 0 Å². The first-order valence-electron chi connectivity index (χ1n) is 9.01. The van der Waals surface area contributed by atoms with Gasteiger partial charge in [-0.25, -0.2) is 4.79 Å². The number of anilines is 1. The van der Waals surface area contributed by atoms with Crippen molar-refractivity contribution in [2.75, 3.05) is 5.32 Å². The van der Waals surface area contributed by atoms with E-state index in [1.165, 1.54) is 30.4 Å². The summed E-state index contributed by atoms with van der Waals surface area (Å²) in [5, 5.41) is 13.9. The molecule has 5 rings (SSSR count). The van der Waals surface area contributed by atoms with Gasteiger partial charge in [-0.3, -0.25) is 0 Å². The fourth-order valence-corrected chi connectivity index (χ4v) is 5.75. The fourth-order valence-electron chi connectivity index (χ4n) is 5.62. The number of halogens is 1. The summed E-state index contributed by atoms with van der Waals surface area (Å²) < 4.78 is 0. The molecule has 0 unspecified atom stereocenters.